The van der Waals surface area contributed by atoms with Crippen LogP contribution in [0, 0.1) is 5.41 Å². The second-order valence-corrected chi connectivity index (χ2v) is 6.40. The zero-order valence-corrected chi connectivity index (χ0v) is 12.1. The Morgan fingerprint density at radius 1 is 1.27 bits per heavy atom. The van der Waals surface area contributed by atoms with E-state index in [1.807, 2.05) is 0 Å². The average molecular weight is 307 g/mol. The summed E-state index contributed by atoms with van der Waals surface area (Å²) in [5, 5.41) is 31.3. The molecule has 0 spiro atoms. The number of ether oxygens (including phenoxy) is 1. The normalized spacial score (nSPS) is 39.1. The third-order valence-corrected chi connectivity index (χ3v) is 5.35. The van der Waals surface area contributed by atoms with Crippen LogP contribution in [0.2, 0.25) is 0 Å². The Balaban J connectivity index is 1.88. The Morgan fingerprint density at radius 2 is 2.00 bits per heavy atom. The molecular weight excluding hydrogens is 290 g/mol. The molecule has 9 nitrogen and oxygen atoms in total. The second-order valence-electron chi connectivity index (χ2n) is 6.40. The van der Waals surface area contributed by atoms with E-state index in [1.165, 1.54) is 17.2 Å². The first-order valence-electron chi connectivity index (χ1n) is 6.94. The minimum atomic E-state index is -1.55. The van der Waals surface area contributed by atoms with Gasteiger partial charge in [0.15, 0.2) is 17.7 Å². The third-order valence-electron chi connectivity index (χ3n) is 5.35. The number of hydrogen-bond donors (Lipinski definition) is 4. The maximum absolute atomic E-state index is 11.0. The summed E-state index contributed by atoms with van der Waals surface area (Å²) in [6.07, 6.45) is 0.910. The monoisotopic (exact) mass is 307 g/mol. The number of nitrogen functional groups attached to an aromatic ring is 1. The summed E-state index contributed by atoms with van der Waals surface area (Å²) in [6.45, 7) is 3.06. The summed E-state index contributed by atoms with van der Waals surface area (Å²) < 4.78 is 7.19. The van der Waals surface area contributed by atoms with Gasteiger partial charge in [0.1, 0.15) is 29.2 Å². The maximum atomic E-state index is 11.0. The highest BCUT2D eigenvalue weighted by Gasteiger charge is 2.92. The van der Waals surface area contributed by atoms with E-state index in [9.17, 15) is 15.3 Å². The van der Waals surface area contributed by atoms with Gasteiger partial charge in [-0.1, -0.05) is 13.8 Å². The fourth-order valence-electron chi connectivity index (χ4n) is 3.88. The molecule has 0 aromatic carbocycles. The molecule has 4 atom stereocenters. The molecule has 3 heterocycles. The quantitative estimate of drug-likeness (QED) is 0.542. The fraction of sp³-hybridized carbons (Fsp3) is 0.615. The number of aromatic nitrogens is 4. The lowest BCUT2D eigenvalue weighted by Gasteiger charge is -2.26. The number of fused-ring (bicyclic) bond motifs is 2. The Kier molecular flexibility index (Phi) is 2.35. The van der Waals surface area contributed by atoms with E-state index in [0.29, 0.717) is 11.2 Å². The number of rotatable bonds is 2. The lowest BCUT2D eigenvalue weighted by Crippen LogP contribution is -2.36. The molecule has 0 bridgehead atoms. The van der Waals surface area contributed by atoms with E-state index in [2.05, 4.69) is 15.0 Å². The minimum absolute atomic E-state index is 0.220. The van der Waals surface area contributed by atoms with Crippen molar-refractivity contribution < 1.29 is 20.1 Å². The van der Waals surface area contributed by atoms with E-state index in [0.717, 1.165) is 0 Å². The molecule has 9 heteroatoms. The molecule has 1 aliphatic heterocycles. The lowest BCUT2D eigenvalue weighted by atomic mass is 10.0. The molecule has 1 aliphatic carbocycles. The van der Waals surface area contributed by atoms with Crippen LogP contribution < -0.4 is 5.73 Å². The summed E-state index contributed by atoms with van der Waals surface area (Å²) in [7, 11) is 0. The van der Waals surface area contributed by atoms with Crippen molar-refractivity contribution in [1.29, 1.82) is 0 Å². The van der Waals surface area contributed by atoms with Crippen molar-refractivity contribution in [2.45, 2.75) is 37.4 Å². The van der Waals surface area contributed by atoms with Gasteiger partial charge in [-0.25, -0.2) is 15.0 Å². The molecular formula is C13H17N5O4. The summed E-state index contributed by atoms with van der Waals surface area (Å²) in [5.41, 5.74) is 2.62. The van der Waals surface area contributed by atoms with Gasteiger partial charge in [-0.15, -0.1) is 0 Å². The standard InChI is InChI=1S/C13H17N5O4/c1-11(2)12(20)6(3-19)22-10(13(11,12)21)18-5-17-7-8(14)15-4-16-9(7)18/h4-6,10,19-21H,3H2,1-2H3,(H2,14,15,16)/t6-,10-,12-,13+/m1/s1. The average Bonchev–Trinajstić information content (AvgIpc) is 2.86. The largest absolute Gasteiger partial charge is 0.394 e. The van der Waals surface area contributed by atoms with Crippen molar-refractivity contribution in [3.63, 3.8) is 0 Å². The van der Waals surface area contributed by atoms with Crippen molar-refractivity contribution in [1.82, 2.24) is 19.5 Å². The topological polar surface area (TPSA) is 140 Å². The number of aliphatic hydroxyl groups is 3. The molecule has 0 unspecified atom stereocenters. The van der Waals surface area contributed by atoms with Crippen molar-refractivity contribution in [3.8, 4) is 0 Å². The van der Waals surface area contributed by atoms with Crippen LogP contribution in [0.3, 0.4) is 0 Å². The van der Waals surface area contributed by atoms with Crippen LogP contribution in [0.25, 0.3) is 11.2 Å². The van der Waals surface area contributed by atoms with Crippen LogP contribution in [-0.2, 0) is 4.74 Å². The first-order chi connectivity index (χ1) is 10.3. The number of nitrogens with two attached hydrogens (primary N) is 1. The van der Waals surface area contributed by atoms with Gasteiger partial charge < -0.3 is 25.8 Å². The van der Waals surface area contributed by atoms with Gasteiger partial charge in [0.05, 0.1) is 12.9 Å². The number of aliphatic hydroxyl groups excluding tert-OH is 1. The van der Waals surface area contributed by atoms with Gasteiger partial charge in [-0.2, -0.15) is 0 Å². The van der Waals surface area contributed by atoms with Gasteiger partial charge >= 0.3 is 0 Å². The van der Waals surface area contributed by atoms with Gasteiger partial charge in [0.25, 0.3) is 0 Å². The zero-order chi connectivity index (χ0) is 15.9. The van der Waals surface area contributed by atoms with Gasteiger partial charge in [-0.3, -0.25) is 4.57 Å². The highest BCUT2D eigenvalue weighted by atomic mass is 16.6. The first-order valence-corrected chi connectivity index (χ1v) is 6.94. The number of hydrogen-bond acceptors (Lipinski definition) is 8. The summed E-state index contributed by atoms with van der Waals surface area (Å²) in [6, 6.07) is 0. The number of anilines is 1. The Bertz CT molecular complexity index is 777. The molecule has 2 aromatic heterocycles. The summed E-state index contributed by atoms with van der Waals surface area (Å²) in [4.78, 5) is 12.1. The molecule has 22 heavy (non-hydrogen) atoms. The van der Waals surface area contributed by atoms with Crippen molar-refractivity contribution in [3.05, 3.63) is 12.7 Å². The van der Waals surface area contributed by atoms with E-state index >= 15 is 0 Å². The maximum Gasteiger partial charge on any atom is 0.169 e. The predicted octanol–water partition coefficient (Wildman–Crippen LogP) is -1.20. The Morgan fingerprint density at radius 3 is 2.64 bits per heavy atom. The van der Waals surface area contributed by atoms with Crippen LogP contribution in [-0.4, -0.2) is 58.8 Å². The first kappa shape index (κ1) is 13.8. The van der Waals surface area contributed by atoms with E-state index in [1.54, 1.807) is 13.8 Å². The molecule has 0 amide bonds. The molecule has 118 valence electrons. The number of imidazole rings is 1. The molecule has 2 fully saturated rings. The molecule has 0 radical (unpaired) electrons. The second kappa shape index (κ2) is 3.74. The van der Waals surface area contributed by atoms with Crippen molar-refractivity contribution >= 4 is 17.0 Å². The van der Waals surface area contributed by atoms with Crippen molar-refractivity contribution in [2.24, 2.45) is 5.41 Å². The van der Waals surface area contributed by atoms with Crippen molar-refractivity contribution in [2.75, 3.05) is 12.3 Å². The molecule has 2 aromatic rings. The molecule has 5 N–H and O–H groups in total. The zero-order valence-electron chi connectivity index (χ0n) is 12.1. The summed E-state index contributed by atoms with van der Waals surface area (Å²) >= 11 is 0. The van der Waals surface area contributed by atoms with E-state index < -0.39 is 35.6 Å². The van der Waals surface area contributed by atoms with E-state index in [-0.39, 0.29) is 5.82 Å². The minimum Gasteiger partial charge on any atom is -0.394 e. The van der Waals surface area contributed by atoms with Gasteiger partial charge in [0.2, 0.25) is 0 Å². The van der Waals surface area contributed by atoms with Gasteiger partial charge in [0, 0.05) is 5.41 Å². The molecule has 1 saturated heterocycles. The number of nitrogens with zero attached hydrogens (tertiary/aromatic N) is 4. The van der Waals surface area contributed by atoms with Gasteiger partial charge in [-0.05, 0) is 0 Å². The van der Waals surface area contributed by atoms with E-state index in [4.69, 9.17) is 10.5 Å². The fourth-order valence-corrected chi connectivity index (χ4v) is 3.88. The Hall–Kier alpha value is -1.81. The highest BCUT2D eigenvalue weighted by molar-refractivity contribution is 5.81. The van der Waals surface area contributed by atoms with Crippen LogP contribution in [0.15, 0.2) is 12.7 Å². The van der Waals surface area contributed by atoms with Crippen LogP contribution >= 0.6 is 0 Å². The van der Waals surface area contributed by atoms with Crippen LogP contribution in [0.5, 0.6) is 0 Å². The summed E-state index contributed by atoms with van der Waals surface area (Å²) in [5.74, 6) is 0.220. The highest BCUT2D eigenvalue weighted by Crippen LogP contribution is 2.75. The molecule has 1 saturated carbocycles. The molecule has 4 rings (SSSR count). The predicted molar refractivity (Wildman–Crippen MR) is 74.4 cm³/mol. The Labute approximate surface area is 125 Å². The lowest BCUT2D eigenvalue weighted by molar-refractivity contribution is -0.123. The smallest absolute Gasteiger partial charge is 0.169 e. The molecule has 2 aliphatic rings. The third kappa shape index (κ3) is 1.16. The van der Waals surface area contributed by atoms with Crippen LogP contribution in [0.1, 0.15) is 20.1 Å². The SMILES string of the molecule is CC1(C)[C@]2(O)[C@@H](CO)O[C@@H](n3cnc4c(N)ncnc43)[C@]12O. The van der Waals surface area contributed by atoms with Crippen LogP contribution in [0.4, 0.5) is 5.82 Å².